The van der Waals surface area contributed by atoms with Crippen LogP contribution in [0.4, 0.5) is 0 Å². The summed E-state index contributed by atoms with van der Waals surface area (Å²) < 4.78 is 0.855. The van der Waals surface area contributed by atoms with E-state index in [9.17, 15) is 4.79 Å². The topological polar surface area (TPSA) is 41.1 Å². The van der Waals surface area contributed by atoms with E-state index in [1.807, 2.05) is 0 Å². The molecule has 76 valence electrons. The van der Waals surface area contributed by atoms with Crippen LogP contribution < -0.4 is 10.6 Å². The normalized spacial score (nSPS) is 9.69. The molecular formula is C9H17BrN2O. The first-order chi connectivity index (χ1) is 6.16. The van der Waals surface area contributed by atoms with E-state index in [0.29, 0.717) is 13.1 Å². The molecule has 0 unspecified atom stereocenters. The lowest BCUT2D eigenvalue weighted by Crippen LogP contribution is -2.34. The van der Waals surface area contributed by atoms with Crippen molar-refractivity contribution >= 4 is 21.8 Å². The van der Waals surface area contributed by atoms with Crippen molar-refractivity contribution in [2.75, 3.05) is 19.6 Å². The lowest BCUT2D eigenvalue weighted by molar-refractivity contribution is -0.120. The average Bonchev–Trinajstić information content (AvgIpc) is 2.04. The van der Waals surface area contributed by atoms with Crippen LogP contribution in [0.15, 0.2) is 11.1 Å². The van der Waals surface area contributed by atoms with Crippen molar-refractivity contribution in [1.29, 1.82) is 0 Å². The second-order valence-electron chi connectivity index (χ2n) is 2.82. The Labute approximate surface area is 88.1 Å². The number of carbonyl (C=O) groups excluding carboxylic acids is 1. The fourth-order valence-electron chi connectivity index (χ4n) is 0.779. The Morgan fingerprint density at radius 3 is 2.69 bits per heavy atom. The summed E-state index contributed by atoms with van der Waals surface area (Å²) in [6, 6.07) is 0. The van der Waals surface area contributed by atoms with E-state index in [1.54, 1.807) is 0 Å². The lowest BCUT2D eigenvalue weighted by Gasteiger charge is -2.04. The molecule has 13 heavy (non-hydrogen) atoms. The van der Waals surface area contributed by atoms with Crippen LogP contribution in [-0.2, 0) is 4.79 Å². The monoisotopic (exact) mass is 248 g/mol. The number of nitrogens with one attached hydrogen (secondary N) is 2. The van der Waals surface area contributed by atoms with Crippen molar-refractivity contribution in [3.8, 4) is 0 Å². The quantitative estimate of drug-likeness (QED) is 0.669. The molecular weight excluding hydrogens is 232 g/mol. The molecule has 0 fully saturated rings. The lowest BCUT2D eigenvalue weighted by atomic mass is 10.3. The minimum Gasteiger partial charge on any atom is -0.355 e. The molecule has 0 aromatic heterocycles. The Balaban J connectivity index is 3.25. The first-order valence-corrected chi connectivity index (χ1v) is 5.26. The second kappa shape index (κ2) is 8.26. The number of halogens is 1. The maximum absolute atomic E-state index is 11.1. The summed E-state index contributed by atoms with van der Waals surface area (Å²) in [7, 11) is 0. The van der Waals surface area contributed by atoms with Gasteiger partial charge in [-0.15, -0.1) is 0 Å². The van der Waals surface area contributed by atoms with E-state index in [1.165, 1.54) is 0 Å². The van der Waals surface area contributed by atoms with E-state index < -0.39 is 0 Å². The van der Waals surface area contributed by atoms with Gasteiger partial charge < -0.3 is 10.6 Å². The number of rotatable bonds is 7. The third-order valence-electron chi connectivity index (χ3n) is 1.45. The zero-order valence-electron chi connectivity index (χ0n) is 8.03. The predicted molar refractivity (Wildman–Crippen MR) is 58.9 cm³/mol. The number of unbranched alkanes of at least 4 members (excludes halogenated alkanes) is 1. The summed E-state index contributed by atoms with van der Waals surface area (Å²) in [5, 5.41) is 5.76. The largest absolute Gasteiger partial charge is 0.355 e. The van der Waals surface area contributed by atoms with Gasteiger partial charge >= 0.3 is 0 Å². The highest BCUT2D eigenvalue weighted by molar-refractivity contribution is 9.11. The summed E-state index contributed by atoms with van der Waals surface area (Å²) in [5.41, 5.74) is 0. The Morgan fingerprint density at radius 2 is 2.15 bits per heavy atom. The minimum atomic E-state index is 0.0437. The number of hydrogen-bond acceptors (Lipinski definition) is 2. The molecule has 0 atom stereocenters. The molecule has 0 saturated heterocycles. The van der Waals surface area contributed by atoms with E-state index in [2.05, 4.69) is 40.1 Å². The number of hydrogen-bond donors (Lipinski definition) is 2. The molecule has 0 aliphatic heterocycles. The van der Waals surface area contributed by atoms with Crippen molar-refractivity contribution in [1.82, 2.24) is 10.6 Å². The van der Waals surface area contributed by atoms with E-state index in [4.69, 9.17) is 0 Å². The van der Waals surface area contributed by atoms with Crippen molar-refractivity contribution < 1.29 is 4.79 Å². The summed E-state index contributed by atoms with van der Waals surface area (Å²) in [6.07, 6.45) is 2.14. The van der Waals surface area contributed by atoms with Gasteiger partial charge in [0, 0.05) is 17.6 Å². The highest BCUT2D eigenvalue weighted by Gasteiger charge is 1.98. The van der Waals surface area contributed by atoms with Crippen LogP contribution >= 0.6 is 15.9 Å². The van der Waals surface area contributed by atoms with Crippen LogP contribution in [0.25, 0.3) is 0 Å². The van der Waals surface area contributed by atoms with Gasteiger partial charge in [0.2, 0.25) is 5.91 Å². The molecule has 0 aliphatic rings. The summed E-state index contributed by atoms with van der Waals surface area (Å²) in [5.74, 6) is 0.0437. The minimum absolute atomic E-state index is 0.0437. The smallest absolute Gasteiger partial charge is 0.233 e. The van der Waals surface area contributed by atoms with Crippen LogP contribution in [0.5, 0.6) is 0 Å². The summed E-state index contributed by atoms with van der Waals surface area (Å²) in [6.45, 7) is 7.50. The average molecular weight is 249 g/mol. The summed E-state index contributed by atoms with van der Waals surface area (Å²) >= 11 is 3.20. The standard InChI is InChI=1S/C9H17BrN2O/c1-3-4-5-12-9(13)7-11-6-8(2)10/h11H,2-7H2,1H3,(H,12,13). The van der Waals surface area contributed by atoms with Gasteiger partial charge in [-0.1, -0.05) is 35.9 Å². The molecule has 0 spiro atoms. The van der Waals surface area contributed by atoms with Gasteiger partial charge in [0.25, 0.3) is 0 Å². The van der Waals surface area contributed by atoms with Crippen LogP contribution in [0, 0.1) is 0 Å². The molecule has 1 amide bonds. The maximum atomic E-state index is 11.1. The van der Waals surface area contributed by atoms with Crippen LogP contribution in [0.1, 0.15) is 19.8 Å². The Bertz CT molecular complexity index is 171. The van der Waals surface area contributed by atoms with Gasteiger partial charge in [0.05, 0.1) is 6.54 Å². The van der Waals surface area contributed by atoms with Gasteiger partial charge in [-0.05, 0) is 6.42 Å². The number of amides is 1. The van der Waals surface area contributed by atoms with Crippen molar-refractivity contribution in [2.24, 2.45) is 0 Å². The van der Waals surface area contributed by atoms with Gasteiger partial charge in [-0.3, -0.25) is 4.79 Å². The van der Waals surface area contributed by atoms with Crippen molar-refractivity contribution in [2.45, 2.75) is 19.8 Å². The van der Waals surface area contributed by atoms with Crippen LogP contribution in [0.2, 0.25) is 0 Å². The van der Waals surface area contributed by atoms with E-state index >= 15 is 0 Å². The SMILES string of the molecule is C=C(Br)CNCC(=O)NCCCC. The maximum Gasteiger partial charge on any atom is 0.233 e. The fraction of sp³-hybridized carbons (Fsp3) is 0.667. The Hall–Kier alpha value is -0.350. The summed E-state index contributed by atoms with van der Waals surface area (Å²) in [4.78, 5) is 11.1. The zero-order chi connectivity index (χ0) is 10.1. The molecule has 0 heterocycles. The number of carbonyl (C=O) groups is 1. The Morgan fingerprint density at radius 1 is 1.46 bits per heavy atom. The molecule has 0 bridgehead atoms. The van der Waals surface area contributed by atoms with Gasteiger partial charge in [0.1, 0.15) is 0 Å². The van der Waals surface area contributed by atoms with Crippen LogP contribution in [-0.4, -0.2) is 25.5 Å². The zero-order valence-corrected chi connectivity index (χ0v) is 9.61. The predicted octanol–water partition coefficient (Wildman–Crippen LogP) is 1.40. The van der Waals surface area contributed by atoms with Crippen molar-refractivity contribution in [3.05, 3.63) is 11.1 Å². The van der Waals surface area contributed by atoms with E-state index in [-0.39, 0.29) is 5.91 Å². The van der Waals surface area contributed by atoms with Gasteiger partial charge in [0.15, 0.2) is 0 Å². The highest BCUT2D eigenvalue weighted by Crippen LogP contribution is 1.95. The first kappa shape index (κ1) is 12.7. The molecule has 0 aliphatic carbocycles. The molecule has 0 aromatic rings. The molecule has 0 radical (unpaired) electrons. The third kappa shape index (κ3) is 9.56. The van der Waals surface area contributed by atoms with Gasteiger partial charge in [-0.2, -0.15) is 0 Å². The molecule has 0 rings (SSSR count). The molecule has 3 nitrogen and oxygen atoms in total. The second-order valence-corrected chi connectivity index (χ2v) is 3.95. The fourth-order valence-corrected chi connectivity index (χ4v) is 0.977. The Kier molecular flexibility index (Phi) is 8.04. The van der Waals surface area contributed by atoms with Crippen molar-refractivity contribution in [3.63, 3.8) is 0 Å². The molecule has 0 aromatic carbocycles. The molecule has 2 N–H and O–H groups in total. The first-order valence-electron chi connectivity index (χ1n) is 4.47. The van der Waals surface area contributed by atoms with Gasteiger partial charge in [-0.25, -0.2) is 0 Å². The van der Waals surface area contributed by atoms with E-state index in [0.717, 1.165) is 23.9 Å². The molecule has 4 heteroatoms. The third-order valence-corrected chi connectivity index (χ3v) is 1.74. The van der Waals surface area contributed by atoms with Crippen LogP contribution in [0.3, 0.4) is 0 Å². The highest BCUT2D eigenvalue weighted by atomic mass is 79.9. The molecule has 0 saturated carbocycles.